The van der Waals surface area contributed by atoms with Gasteiger partial charge in [-0.2, -0.15) is 13.2 Å². The van der Waals surface area contributed by atoms with E-state index in [0.717, 1.165) is 10.5 Å². The maximum Gasteiger partial charge on any atom is 0.389 e. The van der Waals surface area contributed by atoms with Gasteiger partial charge in [0, 0.05) is 39.1 Å². The van der Waals surface area contributed by atoms with Crippen LogP contribution in [0, 0.1) is 0 Å². The largest absolute Gasteiger partial charge is 0.389 e. The SMILES string of the molecule is CCN(CC)C(=O)COC1CN(CCc2ccccc2)C(=O)CN(C(=O)CCC(F)(F)F)C1. The van der Waals surface area contributed by atoms with Crippen molar-refractivity contribution in [1.82, 2.24) is 14.7 Å². The molecule has 0 radical (unpaired) electrons. The molecule has 1 saturated heterocycles. The summed E-state index contributed by atoms with van der Waals surface area (Å²) < 4.78 is 43.5. The summed E-state index contributed by atoms with van der Waals surface area (Å²) in [7, 11) is 0. The lowest BCUT2D eigenvalue weighted by Gasteiger charge is -2.26. The number of rotatable bonds is 10. The normalized spacial score (nSPS) is 17.1. The summed E-state index contributed by atoms with van der Waals surface area (Å²) in [6.07, 6.45) is -6.54. The molecule has 1 aliphatic rings. The second kappa shape index (κ2) is 12.6. The van der Waals surface area contributed by atoms with Crippen LogP contribution in [0.25, 0.3) is 0 Å². The molecule has 0 spiro atoms. The van der Waals surface area contributed by atoms with E-state index in [9.17, 15) is 27.6 Å². The Morgan fingerprint density at radius 1 is 1.12 bits per heavy atom. The van der Waals surface area contributed by atoms with Gasteiger partial charge in [-0.3, -0.25) is 14.4 Å². The lowest BCUT2D eigenvalue weighted by atomic mass is 10.1. The molecule has 1 aromatic rings. The Morgan fingerprint density at radius 3 is 2.39 bits per heavy atom. The summed E-state index contributed by atoms with van der Waals surface area (Å²) in [5.41, 5.74) is 1.03. The van der Waals surface area contributed by atoms with Crippen molar-refractivity contribution in [3.8, 4) is 0 Å². The molecular weight excluding hydrogens is 439 g/mol. The number of carbonyl (C=O) groups excluding carboxylic acids is 3. The van der Waals surface area contributed by atoms with Crippen LogP contribution in [0.1, 0.15) is 32.3 Å². The number of hydrogen-bond acceptors (Lipinski definition) is 4. The van der Waals surface area contributed by atoms with Crippen LogP contribution in [0.15, 0.2) is 30.3 Å². The zero-order chi connectivity index (χ0) is 24.4. The van der Waals surface area contributed by atoms with Crippen molar-refractivity contribution in [3.05, 3.63) is 35.9 Å². The topological polar surface area (TPSA) is 70.2 Å². The first-order valence-electron chi connectivity index (χ1n) is 11.2. The minimum atomic E-state index is -4.46. The van der Waals surface area contributed by atoms with E-state index in [1.807, 2.05) is 44.2 Å². The molecule has 3 amide bonds. The molecular formula is C23H32F3N3O4. The van der Waals surface area contributed by atoms with Crippen LogP contribution >= 0.6 is 0 Å². The fraction of sp³-hybridized carbons (Fsp3) is 0.609. The third kappa shape index (κ3) is 9.03. The summed E-state index contributed by atoms with van der Waals surface area (Å²) in [6.45, 7) is 4.68. The number of halogens is 3. The highest BCUT2D eigenvalue weighted by Crippen LogP contribution is 2.22. The molecule has 10 heteroatoms. The summed E-state index contributed by atoms with van der Waals surface area (Å²) in [6, 6.07) is 9.55. The fourth-order valence-corrected chi connectivity index (χ4v) is 3.66. The molecule has 184 valence electrons. The van der Waals surface area contributed by atoms with Crippen LogP contribution in [0.3, 0.4) is 0 Å². The van der Waals surface area contributed by atoms with Crippen molar-refractivity contribution < 1.29 is 32.3 Å². The Balaban J connectivity index is 2.09. The Labute approximate surface area is 192 Å². The number of carbonyl (C=O) groups is 3. The Morgan fingerprint density at radius 2 is 1.79 bits per heavy atom. The van der Waals surface area contributed by atoms with Crippen molar-refractivity contribution in [2.75, 3.05) is 45.9 Å². The van der Waals surface area contributed by atoms with Gasteiger partial charge in [0.2, 0.25) is 17.7 Å². The number of amides is 3. The number of benzene rings is 1. The van der Waals surface area contributed by atoms with Crippen LogP contribution in [-0.4, -0.2) is 90.6 Å². The van der Waals surface area contributed by atoms with Gasteiger partial charge in [-0.1, -0.05) is 30.3 Å². The van der Waals surface area contributed by atoms with Gasteiger partial charge >= 0.3 is 6.18 Å². The van der Waals surface area contributed by atoms with E-state index in [0.29, 0.717) is 26.1 Å². The number of likely N-dealkylation sites (N-methyl/N-ethyl adjacent to an activating group) is 1. The molecule has 1 unspecified atom stereocenters. The van der Waals surface area contributed by atoms with E-state index in [4.69, 9.17) is 4.74 Å². The lowest BCUT2D eigenvalue weighted by Crippen LogP contribution is -2.41. The average molecular weight is 472 g/mol. The van der Waals surface area contributed by atoms with Gasteiger partial charge < -0.3 is 19.4 Å². The Kier molecular flexibility index (Phi) is 10.1. The molecule has 1 atom stereocenters. The van der Waals surface area contributed by atoms with Crippen LogP contribution in [0.2, 0.25) is 0 Å². The predicted octanol–water partition coefficient (Wildman–Crippen LogP) is 2.50. The van der Waals surface area contributed by atoms with Crippen molar-refractivity contribution >= 4 is 17.7 Å². The predicted molar refractivity (Wildman–Crippen MR) is 116 cm³/mol. The minimum Gasteiger partial charge on any atom is -0.365 e. The standard InChI is InChI=1S/C23H32F3N3O4/c1-3-27(4-2)22(32)17-33-19-14-28(13-11-18-8-6-5-7-9-18)21(31)16-29(15-19)20(30)10-12-23(24,25)26/h5-9,19H,3-4,10-17H2,1-2H3. The van der Waals surface area contributed by atoms with Crippen LogP contribution < -0.4 is 0 Å². The molecule has 0 saturated carbocycles. The zero-order valence-corrected chi connectivity index (χ0v) is 19.1. The number of hydrogen-bond donors (Lipinski definition) is 0. The van der Waals surface area contributed by atoms with Crippen LogP contribution in [0.5, 0.6) is 0 Å². The molecule has 1 fully saturated rings. The molecule has 0 bridgehead atoms. The Hall–Kier alpha value is -2.62. The summed E-state index contributed by atoms with van der Waals surface area (Å²) in [5.74, 6) is -1.33. The molecule has 1 aromatic carbocycles. The van der Waals surface area contributed by atoms with Gasteiger partial charge in [-0.15, -0.1) is 0 Å². The van der Waals surface area contributed by atoms with E-state index in [1.165, 1.54) is 0 Å². The van der Waals surface area contributed by atoms with Crippen molar-refractivity contribution in [1.29, 1.82) is 0 Å². The van der Waals surface area contributed by atoms with Crippen molar-refractivity contribution in [2.24, 2.45) is 0 Å². The molecule has 7 nitrogen and oxygen atoms in total. The maximum absolute atomic E-state index is 12.8. The Bertz CT molecular complexity index is 785. The quantitative estimate of drug-likeness (QED) is 0.526. The fourth-order valence-electron chi connectivity index (χ4n) is 3.66. The van der Waals surface area contributed by atoms with Crippen molar-refractivity contribution in [3.63, 3.8) is 0 Å². The summed E-state index contributed by atoms with van der Waals surface area (Å²) >= 11 is 0. The van der Waals surface area contributed by atoms with Crippen LogP contribution in [-0.2, 0) is 25.5 Å². The van der Waals surface area contributed by atoms with E-state index in [2.05, 4.69) is 0 Å². The number of nitrogens with zero attached hydrogens (tertiary/aromatic N) is 3. The third-order valence-electron chi connectivity index (χ3n) is 5.57. The lowest BCUT2D eigenvalue weighted by molar-refractivity contribution is -0.151. The number of alkyl halides is 3. The van der Waals surface area contributed by atoms with E-state index < -0.39 is 31.0 Å². The first-order chi connectivity index (χ1) is 15.6. The first kappa shape index (κ1) is 26.6. The first-order valence-corrected chi connectivity index (χ1v) is 11.2. The number of ether oxygens (including phenoxy) is 1. The van der Waals surface area contributed by atoms with Gasteiger partial charge in [0.1, 0.15) is 6.61 Å². The monoisotopic (exact) mass is 471 g/mol. The molecule has 0 aliphatic carbocycles. The highest BCUT2D eigenvalue weighted by Gasteiger charge is 2.34. The van der Waals surface area contributed by atoms with Crippen molar-refractivity contribution in [2.45, 2.75) is 45.4 Å². The van der Waals surface area contributed by atoms with E-state index in [-0.39, 0.29) is 38.1 Å². The second-order valence-corrected chi connectivity index (χ2v) is 7.96. The van der Waals surface area contributed by atoms with Gasteiger partial charge in [0.15, 0.2) is 0 Å². The highest BCUT2D eigenvalue weighted by molar-refractivity contribution is 5.85. The van der Waals surface area contributed by atoms with Gasteiger partial charge in [0.25, 0.3) is 0 Å². The second-order valence-electron chi connectivity index (χ2n) is 7.96. The van der Waals surface area contributed by atoms with E-state index >= 15 is 0 Å². The highest BCUT2D eigenvalue weighted by atomic mass is 19.4. The zero-order valence-electron chi connectivity index (χ0n) is 19.1. The third-order valence-corrected chi connectivity index (χ3v) is 5.57. The summed E-state index contributed by atoms with van der Waals surface area (Å²) in [5, 5.41) is 0. The molecule has 33 heavy (non-hydrogen) atoms. The van der Waals surface area contributed by atoms with Gasteiger partial charge in [0.05, 0.1) is 19.1 Å². The average Bonchev–Trinajstić information content (AvgIpc) is 2.94. The van der Waals surface area contributed by atoms with Crippen LogP contribution in [0.4, 0.5) is 13.2 Å². The van der Waals surface area contributed by atoms with Gasteiger partial charge in [-0.05, 0) is 25.8 Å². The maximum atomic E-state index is 12.8. The van der Waals surface area contributed by atoms with E-state index in [1.54, 1.807) is 9.80 Å². The molecule has 1 aliphatic heterocycles. The smallest absolute Gasteiger partial charge is 0.365 e. The molecule has 2 rings (SSSR count). The summed E-state index contributed by atoms with van der Waals surface area (Å²) in [4.78, 5) is 41.9. The minimum absolute atomic E-state index is 0.0458. The molecule has 0 N–H and O–H groups in total. The molecule has 0 aromatic heterocycles. The van der Waals surface area contributed by atoms with Gasteiger partial charge in [-0.25, -0.2) is 0 Å². The molecule has 1 heterocycles.